The monoisotopic (exact) mass is 269 g/mol. The second-order valence-corrected chi connectivity index (χ2v) is 4.23. The predicted molar refractivity (Wildman–Crippen MR) is 70.9 cm³/mol. The number of pyridine rings is 1. The number of nitrogens with zero attached hydrogens (tertiary/aromatic N) is 1. The number of hydrogen-bond donors (Lipinski definition) is 0. The maximum atomic E-state index is 12.4. The third-order valence-electron chi connectivity index (χ3n) is 3.03. The molecule has 0 N–H and O–H groups in total. The normalized spacial score (nSPS) is 10.7. The molecule has 3 rings (SSSR count). The van der Waals surface area contributed by atoms with Crippen molar-refractivity contribution in [2.24, 2.45) is 0 Å². The van der Waals surface area contributed by atoms with Crippen molar-refractivity contribution in [3.63, 3.8) is 0 Å². The van der Waals surface area contributed by atoms with E-state index in [1.54, 1.807) is 34.9 Å². The molecule has 5 heteroatoms. The topological polar surface area (TPSA) is 60.9 Å². The van der Waals surface area contributed by atoms with Gasteiger partial charge in [-0.05, 0) is 36.4 Å². The van der Waals surface area contributed by atoms with Crippen LogP contribution in [0.3, 0.4) is 0 Å². The molecule has 100 valence electrons. The van der Waals surface area contributed by atoms with Crippen LogP contribution in [0, 0.1) is 0 Å². The highest BCUT2D eigenvalue weighted by Crippen LogP contribution is 2.17. The molecule has 0 aliphatic rings. The van der Waals surface area contributed by atoms with Gasteiger partial charge in [-0.25, -0.2) is 4.79 Å². The van der Waals surface area contributed by atoms with E-state index in [9.17, 15) is 9.59 Å². The Bertz CT molecular complexity index is 783. The molecule has 0 saturated carbocycles. The number of furan rings is 1. The summed E-state index contributed by atoms with van der Waals surface area (Å²) in [6.07, 6.45) is 3.19. The Labute approximate surface area is 114 Å². The second-order valence-electron chi connectivity index (χ2n) is 4.23. The molecular weight excluding hydrogens is 258 g/mol. The van der Waals surface area contributed by atoms with Gasteiger partial charge in [0.25, 0.3) is 0 Å². The average Bonchev–Trinajstić information content (AvgIpc) is 3.14. The summed E-state index contributed by atoms with van der Waals surface area (Å²) in [4.78, 5) is 24.1. The third-order valence-corrected chi connectivity index (χ3v) is 3.03. The van der Waals surface area contributed by atoms with Gasteiger partial charge in [0.05, 0.1) is 24.6 Å². The molecule has 0 spiro atoms. The zero-order valence-corrected chi connectivity index (χ0v) is 10.7. The summed E-state index contributed by atoms with van der Waals surface area (Å²) in [5.41, 5.74) is 1.42. The van der Waals surface area contributed by atoms with Crippen molar-refractivity contribution >= 4 is 17.3 Å². The molecule has 5 nitrogen and oxygen atoms in total. The Hall–Kier alpha value is -2.82. The highest BCUT2D eigenvalue weighted by atomic mass is 16.5. The van der Waals surface area contributed by atoms with E-state index in [0.717, 1.165) is 5.52 Å². The maximum absolute atomic E-state index is 12.4. The lowest BCUT2D eigenvalue weighted by molar-refractivity contribution is 0.0600. The lowest BCUT2D eigenvalue weighted by Crippen LogP contribution is -2.10. The largest absolute Gasteiger partial charge is 0.465 e. The highest BCUT2D eigenvalue weighted by molar-refractivity contribution is 6.07. The van der Waals surface area contributed by atoms with E-state index in [1.807, 2.05) is 6.07 Å². The van der Waals surface area contributed by atoms with Crippen molar-refractivity contribution < 1.29 is 18.7 Å². The van der Waals surface area contributed by atoms with Crippen molar-refractivity contribution in [3.05, 3.63) is 65.9 Å². The minimum atomic E-state index is -0.484. The second kappa shape index (κ2) is 4.70. The van der Waals surface area contributed by atoms with Gasteiger partial charge in [0.15, 0.2) is 5.76 Å². The van der Waals surface area contributed by atoms with E-state index in [1.165, 1.54) is 19.4 Å². The van der Waals surface area contributed by atoms with Crippen molar-refractivity contribution in [2.45, 2.75) is 0 Å². The summed E-state index contributed by atoms with van der Waals surface area (Å²) in [6, 6.07) is 10.0. The first-order chi connectivity index (χ1) is 9.70. The Kier molecular flexibility index (Phi) is 2.87. The van der Waals surface area contributed by atoms with Crippen LogP contribution in [-0.4, -0.2) is 23.3 Å². The molecule has 0 radical (unpaired) electrons. The van der Waals surface area contributed by atoms with Gasteiger partial charge in [-0.15, -0.1) is 0 Å². The van der Waals surface area contributed by atoms with Crippen LogP contribution in [0.5, 0.6) is 0 Å². The quantitative estimate of drug-likeness (QED) is 0.541. The van der Waals surface area contributed by atoms with Crippen LogP contribution < -0.4 is 0 Å². The standard InChI is InChI=1S/C15H11NO4/c1-19-15(18)10-8-11-4-2-6-16(11)12(9-10)14(17)13-5-3-7-20-13/h2-9H,1H3. The number of ketones is 1. The summed E-state index contributed by atoms with van der Waals surface area (Å²) >= 11 is 0. The fourth-order valence-electron chi connectivity index (χ4n) is 2.09. The van der Waals surface area contributed by atoms with Gasteiger partial charge in [-0.3, -0.25) is 4.79 Å². The van der Waals surface area contributed by atoms with Crippen molar-refractivity contribution in [1.29, 1.82) is 0 Å². The summed E-state index contributed by atoms with van der Waals surface area (Å²) in [6.45, 7) is 0. The molecular formula is C15H11NO4. The van der Waals surface area contributed by atoms with E-state index < -0.39 is 5.97 Å². The van der Waals surface area contributed by atoms with Crippen LogP contribution in [0.15, 0.2) is 53.3 Å². The number of rotatable bonds is 3. The van der Waals surface area contributed by atoms with Crippen LogP contribution in [0.2, 0.25) is 0 Å². The molecule has 3 aromatic heterocycles. The minimum absolute atomic E-state index is 0.224. The number of fused-ring (bicyclic) bond motifs is 1. The fraction of sp³-hybridized carbons (Fsp3) is 0.0667. The van der Waals surface area contributed by atoms with Crippen LogP contribution in [0.1, 0.15) is 26.6 Å². The van der Waals surface area contributed by atoms with E-state index in [-0.39, 0.29) is 11.5 Å². The van der Waals surface area contributed by atoms with Gasteiger partial charge in [0.2, 0.25) is 5.78 Å². The molecule has 0 atom stereocenters. The number of carbonyl (C=O) groups is 2. The average molecular weight is 269 g/mol. The fourth-order valence-corrected chi connectivity index (χ4v) is 2.09. The van der Waals surface area contributed by atoms with Gasteiger partial charge < -0.3 is 13.6 Å². The molecule has 0 aliphatic carbocycles. The number of esters is 1. The summed E-state index contributed by atoms with van der Waals surface area (Å²) in [5.74, 6) is -0.550. The molecule has 0 bridgehead atoms. The minimum Gasteiger partial charge on any atom is -0.465 e. The predicted octanol–water partition coefficient (Wildman–Crippen LogP) is 2.55. The van der Waals surface area contributed by atoms with E-state index >= 15 is 0 Å². The van der Waals surface area contributed by atoms with Crippen LogP contribution in [-0.2, 0) is 4.74 Å². The smallest absolute Gasteiger partial charge is 0.338 e. The number of methoxy groups -OCH3 is 1. The van der Waals surface area contributed by atoms with E-state index in [2.05, 4.69) is 0 Å². The van der Waals surface area contributed by atoms with Crippen LogP contribution in [0.4, 0.5) is 0 Å². The van der Waals surface area contributed by atoms with Gasteiger partial charge in [-0.1, -0.05) is 0 Å². The lowest BCUT2D eigenvalue weighted by atomic mass is 10.1. The number of aromatic nitrogens is 1. The van der Waals surface area contributed by atoms with E-state index in [0.29, 0.717) is 11.3 Å². The Balaban J connectivity index is 2.20. The number of hydrogen-bond acceptors (Lipinski definition) is 4. The molecule has 20 heavy (non-hydrogen) atoms. The Morgan fingerprint density at radius 3 is 2.75 bits per heavy atom. The summed E-state index contributed by atoms with van der Waals surface area (Å²) in [5, 5.41) is 0. The lowest BCUT2D eigenvalue weighted by Gasteiger charge is -2.07. The van der Waals surface area contributed by atoms with Crippen LogP contribution in [0.25, 0.3) is 5.52 Å². The molecule has 3 heterocycles. The molecule has 3 aromatic rings. The molecule has 0 fully saturated rings. The zero-order valence-electron chi connectivity index (χ0n) is 10.7. The summed E-state index contributed by atoms with van der Waals surface area (Å²) in [7, 11) is 1.30. The first-order valence-corrected chi connectivity index (χ1v) is 5.98. The van der Waals surface area contributed by atoms with Crippen molar-refractivity contribution in [1.82, 2.24) is 4.40 Å². The Morgan fingerprint density at radius 2 is 2.05 bits per heavy atom. The third kappa shape index (κ3) is 1.89. The molecule has 0 saturated heterocycles. The zero-order chi connectivity index (χ0) is 14.1. The number of ether oxygens (including phenoxy) is 1. The van der Waals surface area contributed by atoms with Gasteiger partial charge in [0.1, 0.15) is 0 Å². The SMILES string of the molecule is COC(=O)c1cc(C(=O)c2ccco2)n2cccc2c1. The highest BCUT2D eigenvalue weighted by Gasteiger charge is 2.18. The van der Waals surface area contributed by atoms with E-state index in [4.69, 9.17) is 9.15 Å². The first kappa shape index (κ1) is 12.2. The molecule has 0 amide bonds. The molecule has 0 unspecified atom stereocenters. The summed E-state index contributed by atoms with van der Waals surface area (Å²) < 4.78 is 11.5. The van der Waals surface area contributed by atoms with Crippen molar-refractivity contribution in [3.8, 4) is 0 Å². The van der Waals surface area contributed by atoms with Gasteiger partial charge in [-0.2, -0.15) is 0 Å². The first-order valence-electron chi connectivity index (χ1n) is 5.98. The van der Waals surface area contributed by atoms with Gasteiger partial charge >= 0.3 is 5.97 Å². The number of carbonyl (C=O) groups excluding carboxylic acids is 2. The van der Waals surface area contributed by atoms with Crippen LogP contribution >= 0.6 is 0 Å². The Morgan fingerprint density at radius 1 is 1.20 bits per heavy atom. The van der Waals surface area contributed by atoms with Crippen molar-refractivity contribution in [2.75, 3.05) is 7.11 Å². The van der Waals surface area contributed by atoms with Gasteiger partial charge in [0, 0.05) is 11.7 Å². The molecule has 0 aromatic carbocycles. The maximum Gasteiger partial charge on any atom is 0.338 e. The molecule has 0 aliphatic heterocycles.